The molecule has 1 fully saturated rings. The average molecular weight is 405 g/mol. The fourth-order valence-electron chi connectivity index (χ4n) is 3.87. The normalized spacial score (nSPS) is 16.7. The first-order valence-electron chi connectivity index (χ1n) is 10.4. The van der Waals surface area contributed by atoms with E-state index in [2.05, 4.69) is 34.3 Å². The highest BCUT2D eigenvalue weighted by atomic mass is 16.5. The van der Waals surface area contributed by atoms with Gasteiger partial charge in [0.1, 0.15) is 17.2 Å². The van der Waals surface area contributed by atoms with E-state index in [1.54, 1.807) is 7.11 Å². The van der Waals surface area contributed by atoms with Crippen LogP contribution in [0.25, 0.3) is 17.3 Å². The maximum atomic E-state index is 11.1. The molecule has 1 aliphatic rings. The topological polar surface area (TPSA) is 58.7 Å². The number of hydrogen-bond donors (Lipinski definition) is 1. The molecule has 0 aliphatic carbocycles. The van der Waals surface area contributed by atoms with Crippen LogP contribution in [-0.2, 0) is 6.42 Å². The summed E-state index contributed by atoms with van der Waals surface area (Å²) in [7, 11) is 1.65. The molecular weight excluding hydrogens is 376 g/mol. The van der Waals surface area contributed by atoms with Gasteiger partial charge in [0.05, 0.1) is 12.7 Å². The number of benzene rings is 2. The lowest BCUT2D eigenvalue weighted by Gasteiger charge is -2.37. The predicted octanol–water partition coefficient (Wildman–Crippen LogP) is 4.43. The van der Waals surface area contributed by atoms with Crippen molar-refractivity contribution in [2.45, 2.75) is 24.9 Å². The van der Waals surface area contributed by atoms with Gasteiger partial charge >= 0.3 is 0 Å². The van der Waals surface area contributed by atoms with Gasteiger partial charge in [-0.05, 0) is 30.5 Å². The van der Waals surface area contributed by atoms with Crippen LogP contribution in [0.2, 0.25) is 0 Å². The second-order valence-corrected chi connectivity index (χ2v) is 7.93. The lowest BCUT2D eigenvalue weighted by molar-refractivity contribution is -0.0223. The molecule has 0 saturated carbocycles. The zero-order valence-corrected chi connectivity index (χ0v) is 17.3. The number of rotatable bonds is 7. The minimum Gasteiger partial charge on any atom is -0.497 e. The molecule has 1 N–H and O–H groups in total. The van der Waals surface area contributed by atoms with Crippen molar-refractivity contribution < 1.29 is 14.4 Å². The van der Waals surface area contributed by atoms with Gasteiger partial charge in [-0.3, -0.25) is 4.90 Å². The molecule has 1 aromatic heterocycles. The van der Waals surface area contributed by atoms with E-state index >= 15 is 0 Å². The van der Waals surface area contributed by atoms with Gasteiger partial charge in [-0.2, -0.15) is 0 Å². The van der Waals surface area contributed by atoms with Gasteiger partial charge in [0, 0.05) is 37.7 Å². The Morgan fingerprint density at radius 3 is 2.67 bits per heavy atom. The second-order valence-electron chi connectivity index (χ2n) is 7.93. The number of ether oxygens (including phenoxy) is 1. The molecule has 4 rings (SSSR count). The molecule has 2 heterocycles. The third-order valence-corrected chi connectivity index (χ3v) is 5.69. The second kappa shape index (κ2) is 9.28. The Morgan fingerprint density at radius 2 is 1.90 bits per heavy atom. The maximum absolute atomic E-state index is 11.1. The molecule has 0 spiro atoms. The van der Waals surface area contributed by atoms with Crippen LogP contribution in [0.4, 0.5) is 0 Å². The van der Waals surface area contributed by atoms with Crippen molar-refractivity contribution in [3.05, 3.63) is 78.1 Å². The van der Waals surface area contributed by atoms with Gasteiger partial charge in [0.2, 0.25) is 0 Å². The molecule has 3 aromatic rings. The van der Waals surface area contributed by atoms with Gasteiger partial charge in [-0.25, -0.2) is 0 Å². The highest BCUT2D eigenvalue weighted by Crippen LogP contribution is 2.29. The van der Waals surface area contributed by atoms with Crippen molar-refractivity contribution in [2.75, 3.05) is 26.7 Å². The van der Waals surface area contributed by atoms with Crippen LogP contribution in [0.1, 0.15) is 24.2 Å². The molecular formula is C25H28N2O3. The van der Waals surface area contributed by atoms with Crippen LogP contribution >= 0.6 is 0 Å². The number of methoxy groups -OCH3 is 1. The molecule has 0 radical (unpaired) electrons. The summed E-state index contributed by atoms with van der Waals surface area (Å²) < 4.78 is 10.8. The lowest BCUT2D eigenvalue weighted by atomic mass is 9.87. The van der Waals surface area contributed by atoms with Gasteiger partial charge in [0.25, 0.3) is 0 Å². The smallest absolute Gasteiger partial charge is 0.140 e. The van der Waals surface area contributed by atoms with Crippen LogP contribution in [-0.4, -0.2) is 47.5 Å². The van der Waals surface area contributed by atoms with Crippen LogP contribution in [0.15, 0.2) is 71.3 Å². The van der Waals surface area contributed by atoms with E-state index in [9.17, 15) is 5.11 Å². The Labute approximate surface area is 177 Å². The summed E-state index contributed by atoms with van der Waals surface area (Å²) in [5.74, 6) is 1.50. The standard InChI is InChI=1S/C25H28N2O3/c1-29-22-11-5-10-21(17-22)24-18-23(30-26-24)19-25(28)12-15-27(16-13-25)14-6-9-20-7-3-2-4-8-20/h2-11,17-18,28H,12-16,19H2,1H3/b9-6+. The van der Waals surface area contributed by atoms with Crippen molar-refractivity contribution in [2.24, 2.45) is 0 Å². The first kappa shape index (κ1) is 20.4. The third kappa shape index (κ3) is 5.17. The zero-order chi connectivity index (χ0) is 20.8. The number of nitrogens with zero attached hydrogens (tertiary/aromatic N) is 2. The number of aliphatic hydroxyl groups is 1. The van der Waals surface area contributed by atoms with E-state index in [1.165, 1.54) is 5.56 Å². The Bertz CT molecular complexity index is 973. The largest absolute Gasteiger partial charge is 0.497 e. The summed E-state index contributed by atoms with van der Waals surface area (Å²) >= 11 is 0. The summed E-state index contributed by atoms with van der Waals surface area (Å²) in [6.07, 6.45) is 6.27. The van der Waals surface area contributed by atoms with Crippen LogP contribution in [0, 0.1) is 0 Å². The van der Waals surface area contributed by atoms with E-state index in [1.807, 2.05) is 48.5 Å². The minimum atomic E-state index is -0.745. The molecule has 2 aromatic carbocycles. The maximum Gasteiger partial charge on any atom is 0.140 e. The van der Waals surface area contributed by atoms with Crippen molar-refractivity contribution in [1.82, 2.24) is 10.1 Å². The first-order chi connectivity index (χ1) is 14.6. The Hall–Kier alpha value is -2.89. The summed E-state index contributed by atoms with van der Waals surface area (Å²) in [5, 5.41) is 15.2. The van der Waals surface area contributed by atoms with Crippen molar-refractivity contribution in [1.29, 1.82) is 0 Å². The van der Waals surface area contributed by atoms with Crippen molar-refractivity contribution in [3.8, 4) is 17.0 Å². The van der Waals surface area contributed by atoms with Crippen molar-refractivity contribution in [3.63, 3.8) is 0 Å². The average Bonchev–Trinajstić information content (AvgIpc) is 3.24. The third-order valence-electron chi connectivity index (χ3n) is 5.69. The lowest BCUT2D eigenvalue weighted by Crippen LogP contribution is -2.45. The van der Waals surface area contributed by atoms with E-state index in [0.717, 1.165) is 49.5 Å². The van der Waals surface area contributed by atoms with Gasteiger partial charge in [-0.1, -0.05) is 59.8 Å². The molecule has 30 heavy (non-hydrogen) atoms. The number of hydrogen-bond acceptors (Lipinski definition) is 5. The molecule has 156 valence electrons. The molecule has 1 aliphatic heterocycles. The van der Waals surface area contributed by atoms with Gasteiger partial charge < -0.3 is 14.4 Å². The fraction of sp³-hybridized carbons (Fsp3) is 0.320. The Kier molecular flexibility index (Phi) is 6.31. The van der Waals surface area contributed by atoms with Gasteiger partial charge in [-0.15, -0.1) is 0 Å². The van der Waals surface area contributed by atoms with Crippen molar-refractivity contribution >= 4 is 6.08 Å². The number of piperidine rings is 1. The Balaban J connectivity index is 1.30. The molecule has 0 unspecified atom stereocenters. The summed E-state index contributed by atoms with van der Waals surface area (Å²) in [6.45, 7) is 2.63. The van der Waals surface area contributed by atoms with E-state index in [0.29, 0.717) is 12.2 Å². The van der Waals surface area contributed by atoms with Crippen LogP contribution in [0.3, 0.4) is 0 Å². The molecule has 0 bridgehead atoms. The first-order valence-corrected chi connectivity index (χ1v) is 10.4. The Morgan fingerprint density at radius 1 is 1.10 bits per heavy atom. The number of aromatic nitrogens is 1. The molecule has 0 atom stereocenters. The van der Waals surface area contributed by atoms with E-state index < -0.39 is 5.60 Å². The van der Waals surface area contributed by atoms with Crippen LogP contribution in [0.5, 0.6) is 5.75 Å². The summed E-state index contributed by atoms with van der Waals surface area (Å²) in [4.78, 5) is 2.37. The minimum absolute atomic E-state index is 0.484. The highest BCUT2D eigenvalue weighted by Gasteiger charge is 2.33. The van der Waals surface area contributed by atoms with Crippen LogP contribution < -0.4 is 4.74 Å². The summed E-state index contributed by atoms with van der Waals surface area (Å²) in [6, 6.07) is 20.0. The predicted molar refractivity (Wildman–Crippen MR) is 118 cm³/mol. The molecule has 1 saturated heterocycles. The van der Waals surface area contributed by atoms with E-state index in [-0.39, 0.29) is 0 Å². The fourth-order valence-corrected chi connectivity index (χ4v) is 3.87. The number of likely N-dealkylation sites (tertiary alicyclic amines) is 1. The molecule has 5 heteroatoms. The molecule has 5 nitrogen and oxygen atoms in total. The van der Waals surface area contributed by atoms with E-state index in [4.69, 9.17) is 9.26 Å². The summed E-state index contributed by atoms with van der Waals surface area (Å²) in [5.41, 5.74) is 2.17. The quantitative estimate of drug-likeness (QED) is 0.631. The monoisotopic (exact) mass is 404 g/mol. The van der Waals surface area contributed by atoms with Gasteiger partial charge in [0.15, 0.2) is 0 Å². The zero-order valence-electron chi connectivity index (χ0n) is 17.3. The molecule has 0 amide bonds. The SMILES string of the molecule is COc1cccc(-c2cc(CC3(O)CCN(C/C=C/c4ccccc4)CC3)on2)c1. The highest BCUT2D eigenvalue weighted by molar-refractivity contribution is 5.61.